The molecular weight excluding hydrogens is 334 g/mol. The van der Waals surface area contributed by atoms with Gasteiger partial charge in [-0.3, -0.25) is 4.79 Å². The summed E-state index contributed by atoms with van der Waals surface area (Å²) in [6, 6.07) is 12.3. The summed E-state index contributed by atoms with van der Waals surface area (Å²) in [5.74, 6) is -0.327. The van der Waals surface area contributed by atoms with Gasteiger partial charge in [-0.05, 0) is 41.8 Å². The third kappa shape index (κ3) is 4.79. The number of hydrogen-bond acceptors (Lipinski definition) is 3. The van der Waals surface area contributed by atoms with Gasteiger partial charge in [0.1, 0.15) is 0 Å². The van der Waals surface area contributed by atoms with E-state index in [2.05, 4.69) is 21.2 Å². The minimum Gasteiger partial charge on any atom is -0.504 e. The highest BCUT2D eigenvalue weighted by Gasteiger charge is 2.04. The molecule has 0 aliphatic carbocycles. The molecule has 0 unspecified atom stereocenters. The Hall–Kier alpha value is -2.01. The van der Waals surface area contributed by atoms with Crippen molar-refractivity contribution in [1.82, 2.24) is 5.32 Å². The fourth-order valence-electron chi connectivity index (χ4n) is 1.92. The average molecular weight is 350 g/mol. The topological polar surface area (TPSA) is 69.6 Å². The van der Waals surface area contributed by atoms with Gasteiger partial charge in [-0.2, -0.15) is 0 Å². The van der Waals surface area contributed by atoms with E-state index in [0.717, 1.165) is 15.6 Å². The summed E-state index contributed by atoms with van der Waals surface area (Å²) in [5, 5.41) is 21.4. The average Bonchev–Trinajstić information content (AvgIpc) is 2.45. The van der Waals surface area contributed by atoms with E-state index < -0.39 is 0 Å². The molecule has 4 nitrogen and oxygen atoms in total. The number of rotatable bonds is 5. The number of carbonyl (C=O) groups excluding carboxylic acids is 1. The first-order chi connectivity index (χ1) is 10.0. The molecule has 5 heteroatoms. The number of halogens is 1. The third-order valence-corrected chi connectivity index (χ3v) is 3.58. The van der Waals surface area contributed by atoms with E-state index in [9.17, 15) is 15.0 Å². The molecule has 0 saturated heterocycles. The molecule has 110 valence electrons. The molecular formula is C16H16BrNO3. The molecule has 21 heavy (non-hydrogen) atoms. The van der Waals surface area contributed by atoms with E-state index in [-0.39, 0.29) is 17.4 Å². The molecule has 0 aliphatic rings. The maximum absolute atomic E-state index is 11.8. The van der Waals surface area contributed by atoms with Crippen LogP contribution in [-0.2, 0) is 17.6 Å². The molecule has 2 aromatic carbocycles. The summed E-state index contributed by atoms with van der Waals surface area (Å²) in [6.45, 7) is 0.486. The summed E-state index contributed by atoms with van der Waals surface area (Å²) >= 11 is 3.35. The lowest BCUT2D eigenvalue weighted by Crippen LogP contribution is -2.27. The molecule has 2 rings (SSSR count). The van der Waals surface area contributed by atoms with Crippen molar-refractivity contribution >= 4 is 21.8 Å². The maximum atomic E-state index is 11.8. The van der Waals surface area contributed by atoms with Crippen LogP contribution in [0.15, 0.2) is 46.9 Å². The first kappa shape index (κ1) is 15.4. The SMILES string of the molecule is O=C(Cc1ccc(Br)cc1)NCCc1ccc(O)c(O)c1. The normalized spacial score (nSPS) is 10.3. The lowest BCUT2D eigenvalue weighted by molar-refractivity contribution is -0.120. The van der Waals surface area contributed by atoms with E-state index in [1.807, 2.05) is 24.3 Å². The highest BCUT2D eigenvalue weighted by atomic mass is 79.9. The molecule has 0 saturated carbocycles. The first-order valence-corrected chi connectivity index (χ1v) is 7.36. The van der Waals surface area contributed by atoms with Crippen molar-refractivity contribution in [3.05, 3.63) is 58.1 Å². The van der Waals surface area contributed by atoms with Crippen LogP contribution in [0, 0.1) is 0 Å². The van der Waals surface area contributed by atoms with Crippen molar-refractivity contribution < 1.29 is 15.0 Å². The van der Waals surface area contributed by atoms with Gasteiger partial charge < -0.3 is 15.5 Å². The van der Waals surface area contributed by atoms with Crippen LogP contribution in [0.5, 0.6) is 11.5 Å². The Morgan fingerprint density at radius 3 is 2.33 bits per heavy atom. The molecule has 0 radical (unpaired) electrons. The number of carbonyl (C=O) groups is 1. The van der Waals surface area contributed by atoms with Crippen molar-refractivity contribution in [2.75, 3.05) is 6.54 Å². The molecule has 0 aromatic heterocycles. The van der Waals surface area contributed by atoms with Crippen molar-refractivity contribution in [3.8, 4) is 11.5 Å². The Morgan fingerprint density at radius 1 is 1.00 bits per heavy atom. The van der Waals surface area contributed by atoms with Gasteiger partial charge in [-0.1, -0.05) is 34.1 Å². The molecule has 0 heterocycles. The standard InChI is InChI=1S/C16H16BrNO3/c17-13-4-1-11(2-5-13)10-16(21)18-8-7-12-3-6-14(19)15(20)9-12/h1-6,9,19-20H,7-8,10H2,(H,18,21). The van der Waals surface area contributed by atoms with E-state index in [1.54, 1.807) is 6.07 Å². The second kappa shape index (κ2) is 7.13. The molecule has 0 atom stereocenters. The fourth-order valence-corrected chi connectivity index (χ4v) is 2.19. The number of amides is 1. The van der Waals surface area contributed by atoms with Gasteiger partial charge in [0.15, 0.2) is 11.5 Å². The smallest absolute Gasteiger partial charge is 0.224 e. The minimum absolute atomic E-state index is 0.0414. The van der Waals surface area contributed by atoms with E-state index in [4.69, 9.17) is 0 Å². The number of hydrogen-bond donors (Lipinski definition) is 3. The van der Waals surface area contributed by atoms with Gasteiger partial charge >= 0.3 is 0 Å². The second-order valence-electron chi connectivity index (χ2n) is 4.73. The molecule has 0 bridgehead atoms. The number of aromatic hydroxyl groups is 2. The van der Waals surface area contributed by atoms with Crippen LogP contribution in [0.1, 0.15) is 11.1 Å². The number of phenolic OH excluding ortho intramolecular Hbond substituents is 2. The van der Waals surface area contributed by atoms with Crippen molar-refractivity contribution in [2.24, 2.45) is 0 Å². The van der Waals surface area contributed by atoms with Crippen LogP contribution >= 0.6 is 15.9 Å². The second-order valence-corrected chi connectivity index (χ2v) is 5.64. The van der Waals surface area contributed by atoms with Crippen molar-refractivity contribution in [1.29, 1.82) is 0 Å². The number of benzene rings is 2. The Bertz CT molecular complexity index is 626. The van der Waals surface area contributed by atoms with Crippen LogP contribution in [-0.4, -0.2) is 22.7 Å². The zero-order valence-electron chi connectivity index (χ0n) is 11.3. The predicted octanol–water partition coefficient (Wildman–Crippen LogP) is 2.76. The van der Waals surface area contributed by atoms with E-state index >= 15 is 0 Å². The maximum Gasteiger partial charge on any atom is 0.224 e. The Labute approximate surface area is 131 Å². The van der Waals surface area contributed by atoms with Gasteiger partial charge in [0.25, 0.3) is 0 Å². The summed E-state index contributed by atoms with van der Waals surface area (Å²) in [4.78, 5) is 11.8. The quantitative estimate of drug-likeness (QED) is 0.727. The highest BCUT2D eigenvalue weighted by Crippen LogP contribution is 2.24. The largest absolute Gasteiger partial charge is 0.504 e. The van der Waals surface area contributed by atoms with Crippen LogP contribution in [0.2, 0.25) is 0 Å². The monoisotopic (exact) mass is 349 g/mol. The van der Waals surface area contributed by atoms with Gasteiger partial charge in [0.2, 0.25) is 5.91 Å². The number of phenols is 2. The molecule has 3 N–H and O–H groups in total. The van der Waals surface area contributed by atoms with Gasteiger partial charge in [0.05, 0.1) is 6.42 Å². The Balaban J connectivity index is 1.78. The van der Waals surface area contributed by atoms with Gasteiger partial charge in [-0.15, -0.1) is 0 Å². The van der Waals surface area contributed by atoms with Crippen molar-refractivity contribution in [3.63, 3.8) is 0 Å². The van der Waals surface area contributed by atoms with Gasteiger partial charge in [-0.25, -0.2) is 0 Å². The zero-order chi connectivity index (χ0) is 15.2. The van der Waals surface area contributed by atoms with Crippen molar-refractivity contribution in [2.45, 2.75) is 12.8 Å². The fraction of sp³-hybridized carbons (Fsp3) is 0.188. The third-order valence-electron chi connectivity index (χ3n) is 3.05. The summed E-state index contributed by atoms with van der Waals surface area (Å²) < 4.78 is 0.985. The molecule has 0 aliphatic heterocycles. The summed E-state index contributed by atoms with van der Waals surface area (Å²) in [5.41, 5.74) is 1.81. The van der Waals surface area contributed by atoms with Crippen LogP contribution < -0.4 is 5.32 Å². The highest BCUT2D eigenvalue weighted by molar-refractivity contribution is 9.10. The molecule has 2 aromatic rings. The Morgan fingerprint density at radius 2 is 1.67 bits per heavy atom. The Kier molecular flexibility index (Phi) is 5.22. The molecule has 0 spiro atoms. The molecule has 0 fully saturated rings. The van der Waals surface area contributed by atoms with Gasteiger partial charge in [0, 0.05) is 11.0 Å². The lowest BCUT2D eigenvalue weighted by Gasteiger charge is -2.06. The van der Waals surface area contributed by atoms with Crippen LogP contribution in [0.25, 0.3) is 0 Å². The molecule has 1 amide bonds. The van der Waals surface area contributed by atoms with Crippen LogP contribution in [0.3, 0.4) is 0 Å². The first-order valence-electron chi connectivity index (χ1n) is 6.56. The zero-order valence-corrected chi connectivity index (χ0v) is 12.9. The number of nitrogens with one attached hydrogen (secondary N) is 1. The van der Waals surface area contributed by atoms with E-state index in [0.29, 0.717) is 19.4 Å². The minimum atomic E-state index is -0.145. The van der Waals surface area contributed by atoms with Crippen LogP contribution in [0.4, 0.5) is 0 Å². The lowest BCUT2D eigenvalue weighted by atomic mass is 10.1. The summed E-state index contributed by atoms with van der Waals surface area (Å²) in [7, 11) is 0. The predicted molar refractivity (Wildman–Crippen MR) is 84.3 cm³/mol. The van der Waals surface area contributed by atoms with E-state index in [1.165, 1.54) is 12.1 Å². The summed E-state index contributed by atoms with van der Waals surface area (Å²) in [6.07, 6.45) is 0.939.